The standard InChI is InChI=1S/C15H14BrNO4S/c16-12-6-8-13(9-7-12)22(20,21)17-14(10-15(18)19)11-4-2-1-3-5-11/h1-9,14,17H,10H2,(H,18,19). The third-order valence-corrected chi connectivity index (χ3v) is 5.02. The Morgan fingerprint density at radius 2 is 1.68 bits per heavy atom. The van der Waals surface area contributed by atoms with Crippen LogP contribution in [-0.2, 0) is 14.8 Å². The summed E-state index contributed by atoms with van der Waals surface area (Å²) in [6.07, 6.45) is -0.334. The van der Waals surface area contributed by atoms with Gasteiger partial charge in [-0.1, -0.05) is 46.3 Å². The van der Waals surface area contributed by atoms with Crippen LogP contribution in [0.3, 0.4) is 0 Å². The Labute approximate surface area is 137 Å². The molecule has 5 nitrogen and oxygen atoms in total. The second-order valence-corrected chi connectivity index (χ2v) is 7.27. The van der Waals surface area contributed by atoms with E-state index >= 15 is 0 Å². The average Bonchev–Trinajstić information content (AvgIpc) is 2.47. The predicted molar refractivity (Wildman–Crippen MR) is 85.9 cm³/mol. The van der Waals surface area contributed by atoms with Crippen molar-refractivity contribution >= 4 is 31.9 Å². The summed E-state index contributed by atoms with van der Waals surface area (Å²) < 4.78 is 28.0. The molecule has 0 amide bonds. The molecule has 0 aliphatic carbocycles. The van der Waals surface area contributed by atoms with Gasteiger partial charge in [-0.05, 0) is 29.8 Å². The van der Waals surface area contributed by atoms with Crippen LogP contribution >= 0.6 is 15.9 Å². The minimum Gasteiger partial charge on any atom is -0.481 e. The molecule has 2 N–H and O–H groups in total. The van der Waals surface area contributed by atoms with E-state index in [1.807, 2.05) is 0 Å². The molecule has 2 aromatic carbocycles. The number of carbonyl (C=O) groups is 1. The van der Waals surface area contributed by atoms with Gasteiger partial charge in [-0.15, -0.1) is 0 Å². The first kappa shape index (κ1) is 16.7. The van der Waals surface area contributed by atoms with E-state index in [1.54, 1.807) is 42.5 Å². The molecular weight excluding hydrogens is 370 g/mol. The summed E-state index contributed by atoms with van der Waals surface area (Å²) >= 11 is 3.24. The van der Waals surface area contributed by atoms with Gasteiger partial charge in [0.2, 0.25) is 10.0 Å². The van der Waals surface area contributed by atoms with Gasteiger partial charge in [0.05, 0.1) is 17.4 Å². The minimum absolute atomic E-state index is 0.0852. The highest BCUT2D eigenvalue weighted by Gasteiger charge is 2.23. The highest BCUT2D eigenvalue weighted by atomic mass is 79.9. The van der Waals surface area contributed by atoms with E-state index in [0.717, 1.165) is 4.47 Å². The van der Waals surface area contributed by atoms with Crippen LogP contribution in [-0.4, -0.2) is 19.5 Å². The zero-order chi connectivity index (χ0) is 16.2. The van der Waals surface area contributed by atoms with Crippen molar-refractivity contribution in [1.29, 1.82) is 0 Å². The van der Waals surface area contributed by atoms with Crippen molar-refractivity contribution in [1.82, 2.24) is 4.72 Å². The van der Waals surface area contributed by atoms with Crippen LogP contribution in [0, 0.1) is 0 Å². The molecule has 116 valence electrons. The van der Waals surface area contributed by atoms with Crippen LogP contribution in [0.5, 0.6) is 0 Å². The molecular formula is C15H14BrNO4S. The van der Waals surface area contributed by atoms with Crippen molar-refractivity contribution in [3.8, 4) is 0 Å². The van der Waals surface area contributed by atoms with Crippen molar-refractivity contribution in [2.24, 2.45) is 0 Å². The minimum atomic E-state index is -3.80. The van der Waals surface area contributed by atoms with Crippen molar-refractivity contribution in [2.45, 2.75) is 17.4 Å². The number of hydrogen-bond acceptors (Lipinski definition) is 3. The van der Waals surface area contributed by atoms with Gasteiger partial charge < -0.3 is 5.11 Å². The van der Waals surface area contributed by atoms with Crippen molar-refractivity contribution in [2.75, 3.05) is 0 Å². The van der Waals surface area contributed by atoms with E-state index < -0.39 is 22.0 Å². The summed E-state index contributed by atoms with van der Waals surface area (Å²) in [4.78, 5) is 11.1. The fourth-order valence-electron chi connectivity index (χ4n) is 1.96. The monoisotopic (exact) mass is 383 g/mol. The molecule has 22 heavy (non-hydrogen) atoms. The molecule has 1 atom stereocenters. The van der Waals surface area contributed by atoms with Crippen LogP contribution in [0.25, 0.3) is 0 Å². The summed E-state index contributed by atoms with van der Waals surface area (Å²) in [5.74, 6) is -1.08. The van der Waals surface area contributed by atoms with Gasteiger partial charge in [0, 0.05) is 4.47 Å². The van der Waals surface area contributed by atoms with Crippen molar-refractivity contribution < 1.29 is 18.3 Å². The number of hydrogen-bond donors (Lipinski definition) is 2. The Kier molecular flexibility index (Phi) is 5.33. The lowest BCUT2D eigenvalue weighted by Crippen LogP contribution is -2.30. The quantitative estimate of drug-likeness (QED) is 0.802. The van der Waals surface area contributed by atoms with Crippen molar-refractivity contribution in [3.05, 3.63) is 64.6 Å². The van der Waals surface area contributed by atoms with Gasteiger partial charge in [-0.25, -0.2) is 13.1 Å². The number of aliphatic carboxylic acids is 1. The lowest BCUT2D eigenvalue weighted by atomic mass is 10.1. The van der Waals surface area contributed by atoms with Crippen LogP contribution in [0.15, 0.2) is 64.0 Å². The number of halogens is 1. The second-order valence-electron chi connectivity index (χ2n) is 4.64. The van der Waals surface area contributed by atoms with E-state index in [0.29, 0.717) is 5.56 Å². The highest BCUT2D eigenvalue weighted by molar-refractivity contribution is 9.10. The second kappa shape index (κ2) is 7.04. The van der Waals surface area contributed by atoms with Gasteiger partial charge in [0.25, 0.3) is 0 Å². The number of nitrogens with one attached hydrogen (secondary N) is 1. The molecule has 1 unspecified atom stereocenters. The molecule has 0 saturated carbocycles. The van der Waals surface area contributed by atoms with Gasteiger partial charge in [-0.2, -0.15) is 0 Å². The molecule has 0 saturated heterocycles. The number of carboxylic acid groups (broad SMARTS) is 1. The zero-order valence-corrected chi connectivity index (χ0v) is 13.8. The first-order valence-corrected chi connectivity index (χ1v) is 8.71. The molecule has 0 aromatic heterocycles. The van der Waals surface area contributed by atoms with E-state index in [2.05, 4.69) is 20.7 Å². The molecule has 0 bridgehead atoms. The SMILES string of the molecule is O=C(O)CC(NS(=O)(=O)c1ccc(Br)cc1)c1ccccc1. The topological polar surface area (TPSA) is 83.5 Å². The molecule has 2 rings (SSSR count). The third-order valence-electron chi connectivity index (χ3n) is 3.00. The lowest BCUT2D eigenvalue weighted by molar-refractivity contribution is -0.137. The van der Waals surface area contributed by atoms with Gasteiger partial charge in [-0.3, -0.25) is 4.79 Å². The lowest BCUT2D eigenvalue weighted by Gasteiger charge is -2.17. The molecule has 0 aliphatic heterocycles. The Bertz CT molecular complexity index is 745. The largest absolute Gasteiger partial charge is 0.481 e. The summed E-state index contributed by atoms with van der Waals surface area (Å²) in [5, 5.41) is 9.01. The van der Waals surface area contributed by atoms with Crippen LogP contribution in [0.4, 0.5) is 0 Å². The fraction of sp³-hybridized carbons (Fsp3) is 0.133. The summed E-state index contributed by atoms with van der Waals surface area (Å²) in [6, 6.07) is 13.9. The van der Waals surface area contributed by atoms with E-state index in [9.17, 15) is 13.2 Å². The predicted octanol–water partition coefficient (Wildman–Crippen LogP) is 2.94. The van der Waals surface area contributed by atoms with Gasteiger partial charge in [0.1, 0.15) is 0 Å². The Morgan fingerprint density at radius 3 is 2.23 bits per heavy atom. The average molecular weight is 384 g/mol. The smallest absolute Gasteiger partial charge is 0.305 e. The third kappa shape index (κ3) is 4.40. The van der Waals surface area contributed by atoms with E-state index in [4.69, 9.17) is 5.11 Å². The fourth-order valence-corrected chi connectivity index (χ4v) is 3.45. The molecule has 0 spiro atoms. The van der Waals surface area contributed by atoms with E-state index in [1.165, 1.54) is 12.1 Å². The van der Waals surface area contributed by atoms with Gasteiger partial charge >= 0.3 is 5.97 Å². The summed E-state index contributed by atoms with van der Waals surface area (Å²) in [7, 11) is -3.80. The van der Waals surface area contributed by atoms with Crippen LogP contribution in [0.1, 0.15) is 18.0 Å². The highest BCUT2D eigenvalue weighted by Crippen LogP contribution is 2.21. The van der Waals surface area contributed by atoms with Crippen LogP contribution < -0.4 is 4.72 Å². The Morgan fingerprint density at radius 1 is 1.09 bits per heavy atom. The molecule has 7 heteroatoms. The molecule has 0 aliphatic rings. The van der Waals surface area contributed by atoms with Crippen molar-refractivity contribution in [3.63, 3.8) is 0 Å². The number of rotatable bonds is 6. The Hall–Kier alpha value is -1.70. The maximum Gasteiger partial charge on any atom is 0.305 e. The molecule has 0 heterocycles. The number of sulfonamides is 1. The first-order chi connectivity index (χ1) is 10.4. The van der Waals surface area contributed by atoms with Crippen LogP contribution in [0.2, 0.25) is 0 Å². The number of benzene rings is 2. The summed E-state index contributed by atoms with van der Waals surface area (Å²) in [5.41, 5.74) is 0.602. The Balaban J connectivity index is 2.30. The summed E-state index contributed by atoms with van der Waals surface area (Å²) in [6.45, 7) is 0. The zero-order valence-electron chi connectivity index (χ0n) is 11.4. The van der Waals surface area contributed by atoms with Gasteiger partial charge in [0.15, 0.2) is 0 Å². The first-order valence-electron chi connectivity index (χ1n) is 6.43. The van der Waals surface area contributed by atoms with E-state index in [-0.39, 0.29) is 11.3 Å². The maximum absolute atomic E-state index is 12.4. The molecule has 2 aromatic rings. The molecule has 0 radical (unpaired) electrons. The maximum atomic E-state index is 12.4. The number of carboxylic acids is 1. The molecule has 0 fully saturated rings. The normalized spacial score (nSPS) is 12.8.